The lowest BCUT2D eigenvalue weighted by molar-refractivity contribution is -0.130. The van der Waals surface area contributed by atoms with E-state index in [1.54, 1.807) is 4.90 Å². The molecule has 2 aliphatic rings. The van der Waals surface area contributed by atoms with E-state index in [-0.39, 0.29) is 18.1 Å². The second kappa shape index (κ2) is 3.27. The number of carbonyl (C=O) groups is 1. The monoisotopic (exact) mass is 184 g/mol. The summed E-state index contributed by atoms with van der Waals surface area (Å²) < 4.78 is 0. The zero-order valence-corrected chi connectivity index (χ0v) is 7.94. The minimum atomic E-state index is -0.223. The van der Waals surface area contributed by atoms with Gasteiger partial charge >= 0.3 is 0 Å². The minimum absolute atomic E-state index is 0.0437. The van der Waals surface area contributed by atoms with Crippen LogP contribution in [0.1, 0.15) is 12.8 Å². The van der Waals surface area contributed by atoms with Crippen molar-refractivity contribution in [1.82, 2.24) is 9.80 Å². The molecule has 0 aromatic heterocycles. The van der Waals surface area contributed by atoms with E-state index in [0.717, 1.165) is 25.9 Å². The fourth-order valence-corrected chi connectivity index (χ4v) is 2.19. The van der Waals surface area contributed by atoms with Crippen LogP contribution >= 0.6 is 0 Å². The number of amides is 1. The molecule has 4 nitrogen and oxygen atoms in total. The number of likely N-dealkylation sites (tertiary alicyclic amines) is 2. The van der Waals surface area contributed by atoms with Gasteiger partial charge < -0.3 is 10.0 Å². The van der Waals surface area contributed by atoms with Crippen molar-refractivity contribution in [3.8, 4) is 0 Å². The molecule has 2 aliphatic heterocycles. The van der Waals surface area contributed by atoms with Crippen molar-refractivity contribution in [2.24, 2.45) is 0 Å². The number of likely N-dealkylation sites (N-methyl/N-ethyl adjacent to an activating group) is 1. The van der Waals surface area contributed by atoms with Crippen molar-refractivity contribution in [3.05, 3.63) is 0 Å². The molecule has 0 aromatic rings. The van der Waals surface area contributed by atoms with Crippen molar-refractivity contribution >= 4 is 5.91 Å². The molecule has 0 bridgehead atoms. The van der Waals surface area contributed by atoms with Gasteiger partial charge in [-0.25, -0.2) is 0 Å². The van der Waals surface area contributed by atoms with Crippen LogP contribution in [-0.4, -0.2) is 59.6 Å². The van der Waals surface area contributed by atoms with Gasteiger partial charge in [0.2, 0.25) is 5.91 Å². The van der Waals surface area contributed by atoms with E-state index in [1.807, 2.05) is 7.05 Å². The first-order valence-corrected chi connectivity index (χ1v) is 4.85. The topological polar surface area (TPSA) is 43.8 Å². The molecule has 74 valence electrons. The Morgan fingerprint density at radius 3 is 2.62 bits per heavy atom. The van der Waals surface area contributed by atoms with Gasteiger partial charge in [-0.15, -0.1) is 0 Å². The summed E-state index contributed by atoms with van der Waals surface area (Å²) in [6.07, 6.45) is 1.51. The maximum Gasteiger partial charge on any atom is 0.239 e. The van der Waals surface area contributed by atoms with Gasteiger partial charge in [0, 0.05) is 26.7 Å². The van der Waals surface area contributed by atoms with E-state index in [2.05, 4.69) is 4.90 Å². The number of aliphatic hydroxyl groups excluding tert-OH is 1. The molecule has 2 fully saturated rings. The standard InChI is InChI=1S/C9H16N2O2/c1-10-4-3-8(9(10)13)11-5-2-7(12)6-11/h7-8,12H,2-6H2,1H3/t7-,8?/m1/s1. The minimum Gasteiger partial charge on any atom is -0.392 e. The Kier molecular flexibility index (Phi) is 2.26. The first kappa shape index (κ1) is 8.97. The van der Waals surface area contributed by atoms with Crippen molar-refractivity contribution < 1.29 is 9.90 Å². The van der Waals surface area contributed by atoms with Crippen molar-refractivity contribution in [2.75, 3.05) is 26.7 Å². The Balaban J connectivity index is 1.98. The summed E-state index contributed by atoms with van der Waals surface area (Å²) in [4.78, 5) is 15.5. The lowest BCUT2D eigenvalue weighted by Crippen LogP contribution is -2.40. The van der Waals surface area contributed by atoms with E-state index in [0.29, 0.717) is 6.54 Å². The number of aliphatic hydroxyl groups is 1. The van der Waals surface area contributed by atoms with Crippen LogP contribution in [0.15, 0.2) is 0 Å². The first-order valence-electron chi connectivity index (χ1n) is 4.85. The molecular weight excluding hydrogens is 168 g/mol. The SMILES string of the molecule is CN1CCC(N2CC[C@@H](O)C2)C1=O. The van der Waals surface area contributed by atoms with E-state index < -0.39 is 0 Å². The largest absolute Gasteiger partial charge is 0.392 e. The molecule has 1 unspecified atom stereocenters. The van der Waals surface area contributed by atoms with Gasteiger partial charge in [0.05, 0.1) is 12.1 Å². The Hall–Kier alpha value is -0.610. The van der Waals surface area contributed by atoms with Crippen molar-refractivity contribution in [3.63, 3.8) is 0 Å². The molecule has 2 rings (SSSR count). The van der Waals surface area contributed by atoms with Crippen LogP contribution in [0.2, 0.25) is 0 Å². The third-order valence-corrected chi connectivity index (χ3v) is 3.03. The predicted molar refractivity (Wildman–Crippen MR) is 48.2 cm³/mol. The molecule has 0 saturated carbocycles. The van der Waals surface area contributed by atoms with Crippen LogP contribution in [-0.2, 0) is 4.79 Å². The summed E-state index contributed by atoms with van der Waals surface area (Å²) in [6.45, 7) is 2.39. The molecule has 2 saturated heterocycles. The average Bonchev–Trinajstić information content (AvgIpc) is 2.62. The third kappa shape index (κ3) is 1.56. The molecule has 1 N–H and O–H groups in total. The molecule has 2 atom stereocenters. The molecular formula is C9H16N2O2. The van der Waals surface area contributed by atoms with E-state index in [9.17, 15) is 9.90 Å². The molecule has 0 radical (unpaired) electrons. The Labute approximate surface area is 78.1 Å². The third-order valence-electron chi connectivity index (χ3n) is 3.03. The highest BCUT2D eigenvalue weighted by Gasteiger charge is 2.36. The summed E-state index contributed by atoms with van der Waals surface area (Å²) >= 11 is 0. The quantitative estimate of drug-likeness (QED) is 0.585. The van der Waals surface area contributed by atoms with E-state index in [4.69, 9.17) is 0 Å². The number of hydrogen-bond donors (Lipinski definition) is 1. The number of rotatable bonds is 1. The fraction of sp³-hybridized carbons (Fsp3) is 0.889. The first-order chi connectivity index (χ1) is 6.18. The molecule has 1 amide bonds. The van der Waals surface area contributed by atoms with Gasteiger partial charge in [0.15, 0.2) is 0 Å². The molecule has 0 aliphatic carbocycles. The van der Waals surface area contributed by atoms with Crippen LogP contribution < -0.4 is 0 Å². The van der Waals surface area contributed by atoms with Gasteiger partial charge in [-0.3, -0.25) is 9.69 Å². The Morgan fingerprint density at radius 1 is 1.38 bits per heavy atom. The van der Waals surface area contributed by atoms with E-state index >= 15 is 0 Å². The zero-order chi connectivity index (χ0) is 9.42. The number of nitrogens with zero attached hydrogens (tertiary/aromatic N) is 2. The van der Waals surface area contributed by atoms with Gasteiger partial charge in [-0.2, -0.15) is 0 Å². The fourth-order valence-electron chi connectivity index (χ4n) is 2.19. The molecule has 2 heterocycles. The summed E-state index contributed by atoms with van der Waals surface area (Å²) in [7, 11) is 1.84. The lowest BCUT2D eigenvalue weighted by atomic mass is 10.2. The number of hydrogen-bond acceptors (Lipinski definition) is 3. The normalized spacial score (nSPS) is 36.2. The lowest BCUT2D eigenvalue weighted by Gasteiger charge is -2.21. The van der Waals surface area contributed by atoms with Gasteiger partial charge in [-0.1, -0.05) is 0 Å². The van der Waals surface area contributed by atoms with Gasteiger partial charge in [0.25, 0.3) is 0 Å². The average molecular weight is 184 g/mol. The van der Waals surface area contributed by atoms with Crippen LogP contribution in [0.5, 0.6) is 0 Å². The summed E-state index contributed by atoms with van der Waals surface area (Å²) in [5, 5.41) is 9.35. The Morgan fingerprint density at radius 2 is 2.15 bits per heavy atom. The van der Waals surface area contributed by atoms with Gasteiger partial charge in [-0.05, 0) is 12.8 Å². The molecule has 13 heavy (non-hydrogen) atoms. The van der Waals surface area contributed by atoms with Crippen LogP contribution in [0.3, 0.4) is 0 Å². The molecule has 4 heteroatoms. The maximum atomic E-state index is 11.6. The highest BCUT2D eigenvalue weighted by Crippen LogP contribution is 2.20. The second-order valence-electron chi connectivity index (χ2n) is 4.00. The highest BCUT2D eigenvalue weighted by atomic mass is 16.3. The summed E-state index contributed by atoms with van der Waals surface area (Å²) in [6, 6.07) is 0.0437. The summed E-state index contributed by atoms with van der Waals surface area (Å²) in [5.74, 6) is 0.217. The van der Waals surface area contributed by atoms with Crippen LogP contribution in [0, 0.1) is 0 Å². The predicted octanol–water partition coefficient (Wildman–Crippen LogP) is -0.716. The summed E-state index contributed by atoms with van der Waals surface area (Å²) in [5.41, 5.74) is 0. The highest BCUT2D eigenvalue weighted by molar-refractivity contribution is 5.83. The Bertz CT molecular complexity index is 220. The zero-order valence-electron chi connectivity index (χ0n) is 7.94. The van der Waals surface area contributed by atoms with Gasteiger partial charge in [0.1, 0.15) is 0 Å². The number of β-amino-alcohol motifs (C(OH)–C–C–N with tert-alkyl or cyclic N) is 1. The smallest absolute Gasteiger partial charge is 0.239 e. The second-order valence-corrected chi connectivity index (χ2v) is 4.00. The van der Waals surface area contributed by atoms with Crippen LogP contribution in [0.25, 0.3) is 0 Å². The van der Waals surface area contributed by atoms with Crippen LogP contribution in [0.4, 0.5) is 0 Å². The number of carbonyl (C=O) groups excluding carboxylic acids is 1. The van der Waals surface area contributed by atoms with E-state index in [1.165, 1.54) is 0 Å². The van der Waals surface area contributed by atoms with Crippen molar-refractivity contribution in [2.45, 2.75) is 25.0 Å². The maximum absolute atomic E-state index is 11.6. The molecule has 0 aromatic carbocycles. The van der Waals surface area contributed by atoms with Crippen molar-refractivity contribution in [1.29, 1.82) is 0 Å². The molecule has 0 spiro atoms.